The van der Waals surface area contributed by atoms with Crippen molar-refractivity contribution in [1.82, 2.24) is 15.2 Å². The first-order chi connectivity index (χ1) is 8.33. The molecule has 0 aliphatic heterocycles. The zero-order valence-corrected chi connectivity index (χ0v) is 9.51. The fourth-order valence-corrected chi connectivity index (χ4v) is 1.72. The molecule has 0 aromatic carbocycles. The van der Waals surface area contributed by atoms with Gasteiger partial charge in [-0.1, -0.05) is 0 Å². The normalized spacial score (nSPS) is 10.2. The van der Waals surface area contributed by atoms with E-state index in [2.05, 4.69) is 15.2 Å². The molecule has 0 spiro atoms. The van der Waals surface area contributed by atoms with Gasteiger partial charge in [0.15, 0.2) is 0 Å². The monoisotopic (exact) mass is 231 g/mol. The van der Waals surface area contributed by atoms with Crippen molar-refractivity contribution in [2.45, 2.75) is 13.3 Å². The minimum Gasteiger partial charge on any atom is -0.468 e. The highest BCUT2D eigenvalue weighted by atomic mass is 16.5. The van der Waals surface area contributed by atoms with Crippen molar-refractivity contribution in [3.63, 3.8) is 0 Å². The van der Waals surface area contributed by atoms with Gasteiger partial charge in [-0.2, -0.15) is 5.10 Å². The van der Waals surface area contributed by atoms with Crippen molar-refractivity contribution in [1.29, 1.82) is 0 Å². The Morgan fingerprint density at radius 2 is 2.18 bits per heavy atom. The van der Waals surface area contributed by atoms with Crippen LogP contribution in [0.4, 0.5) is 0 Å². The summed E-state index contributed by atoms with van der Waals surface area (Å²) in [6, 6.07) is 3.80. The fourth-order valence-electron chi connectivity index (χ4n) is 1.72. The van der Waals surface area contributed by atoms with Gasteiger partial charge in [0.2, 0.25) is 0 Å². The topological polar surface area (TPSA) is 67.9 Å². The zero-order valence-electron chi connectivity index (χ0n) is 9.51. The molecule has 2 aromatic heterocycles. The summed E-state index contributed by atoms with van der Waals surface area (Å²) in [7, 11) is 0. The third-order valence-electron chi connectivity index (χ3n) is 2.57. The first-order valence-corrected chi connectivity index (χ1v) is 5.32. The molecule has 1 N–H and O–H groups in total. The van der Waals surface area contributed by atoms with Crippen molar-refractivity contribution in [2.24, 2.45) is 0 Å². The summed E-state index contributed by atoms with van der Waals surface area (Å²) in [4.78, 5) is 14.1. The quantitative estimate of drug-likeness (QED) is 0.625. The molecule has 0 radical (unpaired) electrons. The summed E-state index contributed by atoms with van der Waals surface area (Å²) in [5, 5.41) is 7.22. The Morgan fingerprint density at radius 1 is 1.41 bits per heavy atom. The molecule has 0 bridgehead atoms. The third kappa shape index (κ3) is 2.50. The molecule has 0 saturated carbocycles. The van der Waals surface area contributed by atoms with Gasteiger partial charge < -0.3 is 4.74 Å². The van der Waals surface area contributed by atoms with E-state index in [0.717, 1.165) is 22.5 Å². The number of hydrogen-bond donors (Lipinski definition) is 1. The Kier molecular flexibility index (Phi) is 3.49. The number of H-pyrrole nitrogens is 1. The molecule has 0 saturated heterocycles. The Bertz CT molecular complexity index is 494. The molecule has 2 heterocycles. The van der Waals surface area contributed by atoms with Crippen molar-refractivity contribution in [2.75, 3.05) is 6.61 Å². The second-order valence-corrected chi connectivity index (χ2v) is 3.63. The lowest BCUT2D eigenvalue weighted by Crippen LogP contribution is -1.98. The summed E-state index contributed by atoms with van der Waals surface area (Å²) in [6.07, 6.45) is 4.11. The van der Waals surface area contributed by atoms with Gasteiger partial charge in [-0.25, -0.2) is 0 Å². The smallest absolute Gasteiger partial charge is 0.293 e. The fraction of sp³-hybridized carbons (Fsp3) is 0.250. The van der Waals surface area contributed by atoms with E-state index in [4.69, 9.17) is 4.74 Å². The largest absolute Gasteiger partial charge is 0.468 e. The molecular formula is C12H13N3O2. The maximum Gasteiger partial charge on any atom is 0.293 e. The SMILES string of the molecule is Cc1[nH]nc(-c2ccncc2)c1CCOC=O. The number of pyridine rings is 1. The summed E-state index contributed by atoms with van der Waals surface area (Å²) in [5.41, 5.74) is 3.95. The number of carbonyl (C=O) groups excluding carboxylic acids is 1. The van der Waals surface area contributed by atoms with Crippen LogP contribution in [-0.2, 0) is 16.0 Å². The van der Waals surface area contributed by atoms with Crippen LogP contribution in [0.5, 0.6) is 0 Å². The third-order valence-corrected chi connectivity index (χ3v) is 2.57. The van der Waals surface area contributed by atoms with Crippen LogP contribution >= 0.6 is 0 Å². The average Bonchev–Trinajstić information content (AvgIpc) is 2.73. The minimum absolute atomic E-state index is 0.363. The van der Waals surface area contributed by atoms with Gasteiger partial charge in [0.25, 0.3) is 6.47 Å². The standard InChI is InChI=1S/C12H13N3O2/c1-9-11(4-7-17-8-16)12(15-14-9)10-2-5-13-6-3-10/h2-3,5-6,8H,4,7H2,1H3,(H,14,15). The van der Waals surface area contributed by atoms with E-state index in [1.807, 2.05) is 19.1 Å². The van der Waals surface area contributed by atoms with Crippen LogP contribution in [0, 0.1) is 6.92 Å². The number of nitrogens with one attached hydrogen (secondary N) is 1. The molecule has 17 heavy (non-hydrogen) atoms. The number of aromatic amines is 1. The van der Waals surface area contributed by atoms with E-state index in [0.29, 0.717) is 19.5 Å². The van der Waals surface area contributed by atoms with E-state index < -0.39 is 0 Å². The summed E-state index contributed by atoms with van der Waals surface area (Å²) in [5.74, 6) is 0. The van der Waals surface area contributed by atoms with Crippen LogP contribution in [0.15, 0.2) is 24.5 Å². The lowest BCUT2D eigenvalue weighted by Gasteiger charge is -2.03. The lowest BCUT2D eigenvalue weighted by molar-refractivity contribution is -0.128. The van der Waals surface area contributed by atoms with Crippen LogP contribution < -0.4 is 0 Å². The molecule has 5 nitrogen and oxygen atoms in total. The van der Waals surface area contributed by atoms with E-state index in [1.54, 1.807) is 12.4 Å². The lowest BCUT2D eigenvalue weighted by atomic mass is 10.1. The van der Waals surface area contributed by atoms with Crippen molar-refractivity contribution < 1.29 is 9.53 Å². The van der Waals surface area contributed by atoms with Crippen LogP contribution in [-0.4, -0.2) is 28.3 Å². The molecule has 0 amide bonds. The molecule has 0 atom stereocenters. The molecule has 5 heteroatoms. The maximum absolute atomic E-state index is 10.1. The molecular weight excluding hydrogens is 218 g/mol. The number of hydrogen-bond acceptors (Lipinski definition) is 4. The number of aromatic nitrogens is 3. The second-order valence-electron chi connectivity index (χ2n) is 3.63. The predicted molar refractivity (Wildman–Crippen MR) is 62.3 cm³/mol. The Balaban J connectivity index is 2.26. The van der Waals surface area contributed by atoms with Gasteiger partial charge in [0.1, 0.15) is 0 Å². The van der Waals surface area contributed by atoms with Gasteiger partial charge in [-0.05, 0) is 19.1 Å². The number of rotatable bonds is 5. The number of aryl methyl sites for hydroxylation is 1. The summed E-state index contributed by atoms with van der Waals surface area (Å²) in [6.45, 7) is 2.78. The Labute approximate surface area is 98.8 Å². The molecule has 0 unspecified atom stereocenters. The van der Waals surface area contributed by atoms with Gasteiger partial charge in [-0.15, -0.1) is 0 Å². The highest BCUT2D eigenvalue weighted by Gasteiger charge is 2.11. The summed E-state index contributed by atoms with van der Waals surface area (Å²) >= 11 is 0. The van der Waals surface area contributed by atoms with E-state index >= 15 is 0 Å². The first kappa shape index (κ1) is 11.3. The second kappa shape index (κ2) is 5.25. The molecule has 2 aromatic rings. The number of ether oxygens (including phenoxy) is 1. The van der Waals surface area contributed by atoms with Crippen molar-refractivity contribution in [3.05, 3.63) is 35.8 Å². The van der Waals surface area contributed by atoms with Gasteiger partial charge in [0.05, 0.1) is 12.3 Å². The molecule has 0 fully saturated rings. The van der Waals surface area contributed by atoms with E-state index in [1.165, 1.54) is 0 Å². The molecule has 2 rings (SSSR count). The van der Waals surface area contributed by atoms with Crippen molar-refractivity contribution in [3.8, 4) is 11.3 Å². The van der Waals surface area contributed by atoms with Gasteiger partial charge in [-0.3, -0.25) is 14.9 Å². The van der Waals surface area contributed by atoms with Gasteiger partial charge >= 0.3 is 0 Å². The van der Waals surface area contributed by atoms with Crippen LogP contribution in [0.2, 0.25) is 0 Å². The highest BCUT2D eigenvalue weighted by molar-refractivity contribution is 5.63. The first-order valence-electron chi connectivity index (χ1n) is 5.32. The van der Waals surface area contributed by atoms with Crippen LogP contribution in [0.3, 0.4) is 0 Å². The van der Waals surface area contributed by atoms with Gasteiger partial charge in [0, 0.05) is 35.6 Å². The molecule has 0 aliphatic rings. The predicted octanol–water partition coefficient (Wildman–Crippen LogP) is 1.50. The highest BCUT2D eigenvalue weighted by Crippen LogP contribution is 2.23. The summed E-state index contributed by atoms with van der Waals surface area (Å²) < 4.78 is 4.72. The number of nitrogens with zero attached hydrogens (tertiary/aromatic N) is 2. The molecule has 88 valence electrons. The molecule has 0 aliphatic carbocycles. The Morgan fingerprint density at radius 3 is 2.88 bits per heavy atom. The average molecular weight is 231 g/mol. The zero-order chi connectivity index (χ0) is 12.1. The van der Waals surface area contributed by atoms with Crippen LogP contribution in [0.1, 0.15) is 11.3 Å². The number of carbonyl (C=O) groups is 1. The van der Waals surface area contributed by atoms with E-state index in [-0.39, 0.29) is 0 Å². The minimum atomic E-state index is 0.363. The van der Waals surface area contributed by atoms with Crippen molar-refractivity contribution >= 4 is 6.47 Å². The van der Waals surface area contributed by atoms with Crippen LogP contribution in [0.25, 0.3) is 11.3 Å². The maximum atomic E-state index is 10.1. The van der Waals surface area contributed by atoms with E-state index in [9.17, 15) is 4.79 Å². The Hall–Kier alpha value is -2.17.